The molecule has 8 heteroatoms. The van der Waals surface area contributed by atoms with Gasteiger partial charge in [-0.15, -0.1) is 0 Å². The Morgan fingerprint density at radius 3 is 2.38 bits per heavy atom. The minimum absolute atomic E-state index is 0.156. The molecule has 0 aliphatic rings. The first-order valence-corrected chi connectivity index (χ1v) is 6.84. The molecule has 1 aromatic rings. The van der Waals surface area contributed by atoms with E-state index in [9.17, 15) is 17.2 Å². The van der Waals surface area contributed by atoms with E-state index in [0.717, 1.165) is 12.1 Å². The summed E-state index contributed by atoms with van der Waals surface area (Å²) in [6.45, 7) is 0. The minimum Gasteiger partial charge on any atom is -0.207 e. The second-order valence-corrected chi connectivity index (χ2v) is 6.09. The number of halogens is 4. The van der Waals surface area contributed by atoms with Crippen LogP contribution in [0.1, 0.15) is 17.6 Å². The molecule has 86 valence electrons. The van der Waals surface area contributed by atoms with Gasteiger partial charge in [-0.2, -0.15) is 5.26 Å². The van der Waals surface area contributed by atoms with Gasteiger partial charge in [0.05, 0.1) is 5.56 Å². The Bertz CT molecular complexity index is 568. The zero-order valence-electron chi connectivity index (χ0n) is 7.42. The number of nitriles is 1. The van der Waals surface area contributed by atoms with E-state index in [0.29, 0.717) is 0 Å². The molecular weight excluding hydrogens is 328 g/mol. The molecule has 0 amide bonds. The number of hydrogen-bond acceptors (Lipinski definition) is 3. The number of rotatable bonds is 2. The third kappa shape index (κ3) is 2.70. The molecular formula is C8H3BrClF2NO2S. The van der Waals surface area contributed by atoms with Crippen molar-refractivity contribution in [2.75, 3.05) is 0 Å². The van der Waals surface area contributed by atoms with Crippen LogP contribution in [0.15, 0.2) is 21.5 Å². The quantitative estimate of drug-likeness (QED) is 0.783. The minimum atomic E-state index is -4.16. The van der Waals surface area contributed by atoms with Crippen LogP contribution in [0.2, 0.25) is 0 Å². The van der Waals surface area contributed by atoms with Gasteiger partial charge < -0.3 is 0 Å². The molecule has 0 aliphatic carbocycles. The highest BCUT2D eigenvalue weighted by molar-refractivity contribution is 9.10. The van der Waals surface area contributed by atoms with Crippen molar-refractivity contribution < 1.29 is 17.2 Å². The van der Waals surface area contributed by atoms with Gasteiger partial charge in [0.15, 0.2) is 0 Å². The van der Waals surface area contributed by atoms with Crippen molar-refractivity contribution in [1.82, 2.24) is 0 Å². The van der Waals surface area contributed by atoms with Gasteiger partial charge in [0, 0.05) is 20.7 Å². The zero-order valence-corrected chi connectivity index (χ0v) is 10.6. The molecule has 0 radical (unpaired) electrons. The van der Waals surface area contributed by atoms with Crippen molar-refractivity contribution in [2.45, 2.75) is 11.3 Å². The lowest BCUT2D eigenvalue weighted by Crippen LogP contribution is -1.99. The normalized spacial score (nSPS) is 11.5. The molecule has 0 unspecified atom stereocenters. The average molecular weight is 331 g/mol. The molecule has 16 heavy (non-hydrogen) atoms. The SMILES string of the molecule is N#Cc1cc(C(F)F)cc(Br)c1S(=O)(=O)Cl. The summed E-state index contributed by atoms with van der Waals surface area (Å²) in [5.74, 6) is 0. The molecule has 1 aromatic carbocycles. The summed E-state index contributed by atoms with van der Waals surface area (Å²) in [7, 11) is 0.923. The molecule has 3 nitrogen and oxygen atoms in total. The summed E-state index contributed by atoms with van der Waals surface area (Å²) in [5.41, 5.74) is -0.868. The molecule has 0 aliphatic heterocycles. The summed E-state index contributed by atoms with van der Waals surface area (Å²) in [6, 6.07) is 3.23. The first-order valence-electron chi connectivity index (χ1n) is 3.73. The zero-order chi connectivity index (χ0) is 12.5. The van der Waals surface area contributed by atoms with Gasteiger partial charge in [-0.1, -0.05) is 0 Å². The van der Waals surface area contributed by atoms with Crippen LogP contribution in [-0.4, -0.2) is 8.42 Å². The summed E-state index contributed by atoms with van der Waals surface area (Å²) in [6.07, 6.45) is -2.80. The largest absolute Gasteiger partial charge is 0.263 e. The third-order valence-electron chi connectivity index (χ3n) is 1.68. The van der Waals surface area contributed by atoms with Gasteiger partial charge in [-0.05, 0) is 28.1 Å². The number of alkyl halides is 2. The fourth-order valence-electron chi connectivity index (χ4n) is 1.07. The van der Waals surface area contributed by atoms with Gasteiger partial charge in [0.2, 0.25) is 0 Å². The molecule has 0 saturated carbocycles. The van der Waals surface area contributed by atoms with Crippen LogP contribution in [0.3, 0.4) is 0 Å². The monoisotopic (exact) mass is 329 g/mol. The Balaban J connectivity index is 3.62. The van der Waals surface area contributed by atoms with E-state index in [-0.39, 0.29) is 4.47 Å². The number of nitrogens with zero attached hydrogens (tertiary/aromatic N) is 1. The Morgan fingerprint density at radius 1 is 1.44 bits per heavy atom. The maximum Gasteiger partial charge on any atom is 0.263 e. The van der Waals surface area contributed by atoms with Crippen LogP contribution in [0, 0.1) is 11.3 Å². The predicted molar refractivity (Wildman–Crippen MR) is 56.9 cm³/mol. The Labute approximate surface area is 103 Å². The predicted octanol–water partition coefficient (Wildman–Crippen LogP) is 3.19. The van der Waals surface area contributed by atoms with Crippen molar-refractivity contribution in [3.05, 3.63) is 27.7 Å². The van der Waals surface area contributed by atoms with Crippen LogP contribution in [-0.2, 0) is 9.05 Å². The van der Waals surface area contributed by atoms with Crippen molar-refractivity contribution >= 4 is 35.7 Å². The van der Waals surface area contributed by atoms with Crippen LogP contribution >= 0.6 is 26.6 Å². The van der Waals surface area contributed by atoms with Gasteiger partial charge in [-0.25, -0.2) is 17.2 Å². The smallest absolute Gasteiger partial charge is 0.207 e. The summed E-state index contributed by atoms with van der Waals surface area (Å²) >= 11 is 2.79. The second-order valence-electron chi connectivity index (χ2n) is 2.73. The van der Waals surface area contributed by atoms with Crippen molar-refractivity contribution in [3.8, 4) is 6.07 Å². The van der Waals surface area contributed by atoms with E-state index >= 15 is 0 Å². The first kappa shape index (κ1) is 13.4. The highest BCUT2D eigenvalue weighted by atomic mass is 79.9. The van der Waals surface area contributed by atoms with E-state index in [1.54, 1.807) is 0 Å². The van der Waals surface area contributed by atoms with E-state index in [1.165, 1.54) is 6.07 Å². The lowest BCUT2D eigenvalue weighted by molar-refractivity contribution is 0.151. The topological polar surface area (TPSA) is 57.9 Å². The molecule has 0 bridgehead atoms. The Hall–Kier alpha value is -0.710. The maximum atomic E-state index is 12.4. The lowest BCUT2D eigenvalue weighted by Gasteiger charge is -2.06. The van der Waals surface area contributed by atoms with Crippen LogP contribution in [0.4, 0.5) is 8.78 Å². The highest BCUT2D eigenvalue weighted by Crippen LogP contribution is 2.32. The third-order valence-corrected chi connectivity index (χ3v) is 3.96. The number of hydrogen-bond donors (Lipinski definition) is 0. The van der Waals surface area contributed by atoms with E-state index < -0.39 is 31.5 Å². The first-order chi connectivity index (χ1) is 7.27. The van der Waals surface area contributed by atoms with Gasteiger partial charge in [0.1, 0.15) is 11.0 Å². The number of benzene rings is 1. The van der Waals surface area contributed by atoms with E-state index in [4.69, 9.17) is 15.9 Å². The van der Waals surface area contributed by atoms with E-state index in [2.05, 4.69) is 15.9 Å². The summed E-state index contributed by atoms with van der Waals surface area (Å²) < 4.78 is 46.8. The Kier molecular flexibility index (Phi) is 3.88. The molecule has 0 heterocycles. The average Bonchev–Trinajstić information content (AvgIpc) is 2.14. The van der Waals surface area contributed by atoms with E-state index in [1.807, 2.05) is 0 Å². The van der Waals surface area contributed by atoms with Crippen molar-refractivity contribution in [1.29, 1.82) is 5.26 Å². The molecule has 0 atom stereocenters. The lowest BCUT2D eigenvalue weighted by atomic mass is 10.1. The van der Waals surface area contributed by atoms with Crippen LogP contribution in [0.5, 0.6) is 0 Å². The standard InChI is InChI=1S/C8H3BrClF2NO2S/c9-6-2-4(8(11)12)1-5(3-13)7(6)16(10,14)15/h1-2,8H. The summed E-state index contributed by atoms with van der Waals surface area (Å²) in [5, 5.41) is 8.67. The van der Waals surface area contributed by atoms with Gasteiger partial charge in [-0.3, -0.25) is 0 Å². The van der Waals surface area contributed by atoms with Crippen molar-refractivity contribution in [3.63, 3.8) is 0 Å². The van der Waals surface area contributed by atoms with Gasteiger partial charge in [0.25, 0.3) is 15.5 Å². The molecule has 0 saturated heterocycles. The molecule has 0 spiro atoms. The molecule has 1 rings (SSSR count). The molecule has 0 N–H and O–H groups in total. The van der Waals surface area contributed by atoms with Gasteiger partial charge >= 0.3 is 0 Å². The highest BCUT2D eigenvalue weighted by Gasteiger charge is 2.22. The fraction of sp³-hybridized carbons (Fsp3) is 0.125. The Morgan fingerprint density at radius 2 is 2.00 bits per heavy atom. The van der Waals surface area contributed by atoms with Crippen LogP contribution < -0.4 is 0 Å². The fourth-order valence-corrected chi connectivity index (χ4v) is 3.63. The summed E-state index contributed by atoms with van der Waals surface area (Å²) in [4.78, 5) is -0.499. The van der Waals surface area contributed by atoms with Crippen LogP contribution in [0.25, 0.3) is 0 Å². The molecule has 0 aromatic heterocycles. The van der Waals surface area contributed by atoms with Crippen molar-refractivity contribution in [2.24, 2.45) is 0 Å². The molecule has 0 fully saturated rings. The second kappa shape index (κ2) is 4.65. The maximum absolute atomic E-state index is 12.4.